The SMILES string of the molecule is CCO/N=C(/c1ccc(C)cc1)c1ccc(C(F)(F)F)cn1.CO/N=C(/c1ccc(C)cc1)c1ccc(C(F)(F)F)cn1. The van der Waals surface area contributed by atoms with E-state index in [1.54, 1.807) is 6.92 Å². The Bertz CT molecular complexity index is 1510. The fourth-order valence-corrected chi connectivity index (χ4v) is 3.54. The average Bonchev–Trinajstić information content (AvgIpc) is 2.97. The minimum absolute atomic E-state index is 0.314. The van der Waals surface area contributed by atoms with Crippen molar-refractivity contribution in [3.05, 3.63) is 130 Å². The number of hydrogen-bond donors (Lipinski definition) is 0. The standard InChI is InChI=1S/C16H15F3N2O.C15H13F3N2O/c1-3-22-21-15(12-6-4-11(2)5-7-12)14-9-8-13(10-20-14)16(17,18)19;1-10-3-5-11(6-4-10)14(20-21-2)13-8-7-12(9-19-13)15(16,17)18/h4-10H,3H2,1-2H3;3-9H,1-2H3/b21-15-;20-14-. The van der Waals surface area contributed by atoms with Crippen molar-refractivity contribution < 1.29 is 36.0 Å². The van der Waals surface area contributed by atoms with Crippen molar-refractivity contribution >= 4 is 11.4 Å². The van der Waals surface area contributed by atoms with E-state index in [1.807, 2.05) is 62.4 Å². The van der Waals surface area contributed by atoms with Gasteiger partial charge in [-0.25, -0.2) is 0 Å². The Balaban J connectivity index is 0.000000236. The van der Waals surface area contributed by atoms with Gasteiger partial charge in [-0.1, -0.05) is 70.0 Å². The summed E-state index contributed by atoms with van der Waals surface area (Å²) in [6.45, 7) is 6.01. The predicted octanol–water partition coefficient (Wildman–Crippen LogP) is 8.01. The maximum absolute atomic E-state index is 12.6. The molecule has 0 saturated carbocycles. The normalized spacial score (nSPS) is 12.3. The summed E-state index contributed by atoms with van der Waals surface area (Å²) in [5.74, 6) is 0. The molecule has 6 nitrogen and oxygen atoms in total. The second-order valence-electron chi connectivity index (χ2n) is 9.07. The van der Waals surface area contributed by atoms with Crippen LogP contribution in [0.1, 0.15) is 51.7 Å². The molecule has 0 atom stereocenters. The summed E-state index contributed by atoms with van der Waals surface area (Å²) in [4.78, 5) is 17.5. The van der Waals surface area contributed by atoms with Crippen molar-refractivity contribution in [3.63, 3.8) is 0 Å². The van der Waals surface area contributed by atoms with E-state index in [1.165, 1.54) is 19.2 Å². The van der Waals surface area contributed by atoms with Crippen molar-refractivity contribution in [3.8, 4) is 0 Å². The molecule has 0 N–H and O–H groups in total. The van der Waals surface area contributed by atoms with Gasteiger partial charge in [-0.2, -0.15) is 26.3 Å². The van der Waals surface area contributed by atoms with Gasteiger partial charge >= 0.3 is 12.4 Å². The minimum Gasteiger partial charge on any atom is -0.399 e. The highest BCUT2D eigenvalue weighted by molar-refractivity contribution is 6.12. The zero-order valence-electron chi connectivity index (χ0n) is 23.7. The number of nitrogens with zero attached hydrogens (tertiary/aromatic N) is 4. The van der Waals surface area contributed by atoms with E-state index in [-0.39, 0.29) is 0 Å². The van der Waals surface area contributed by atoms with Crippen LogP contribution in [0.5, 0.6) is 0 Å². The Morgan fingerprint density at radius 1 is 0.628 bits per heavy atom. The molecule has 2 heterocycles. The first-order valence-corrected chi connectivity index (χ1v) is 12.9. The van der Waals surface area contributed by atoms with Crippen LogP contribution in [0.2, 0.25) is 0 Å². The summed E-state index contributed by atoms with van der Waals surface area (Å²) in [6, 6.07) is 19.3. The molecule has 0 radical (unpaired) electrons. The molecule has 4 aromatic rings. The lowest BCUT2D eigenvalue weighted by Gasteiger charge is -2.09. The molecule has 0 fully saturated rings. The van der Waals surface area contributed by atoms with Gasteiger partial charge in [0.15, 0.2) is 0 Å². The average molecular weight is 603 g/mol. The molecule has 0 bridgehead atoms. The molecule has 12 heteroatoms. The molecule has 0 unspecified atom stereocenters. The lowest BCUT2D eigenvalue weighted by atomic mass is 10.0. The molecule has 226 valence electrons. The monoisotopic (exact) mass is 602 g/mol. The molecule has 0 aliphatic rings. The van der Waals surface area contributed by atoms with E-state index in [4.69, 9.17) is 9.68 Å². The zero-order chi connectivity index (χ0) is 31.6. The van der Waals surface area contributed by atoms with E-state index in [9.17, 15) is 26.3 Å². The van der Waals surface area contributed by atoms with Crippen LogP contribution < -0.4 is 0 Å². The van der Waals surface area contributed by atoms with Crippen molar-refractivity contribution in [2.75, 3.05) is 13.7 Å². The van der Waals surface area contributed by atoms with Crippen LogP contribution in [0.3, 0.4) is 0 Å². The van der Waals surface area contributed by atoms with Crippen LogP contribution in [-0.2, 0) is 22.0 Å². The largest absolute Gasteiger partial charge is 0.417 e. The fourth-order valence-electron chi connectivity index (χ4n) is 3.54. The van der Waals surface area contributed by atoms with Gasteiger partial charge in [0.25, 0.3) is 0 Å². The molecule has 0 aliphatic carbocycles. The van der Waals surface area contributed by atoms with Crippen LogP contribution >= 0.6 is 0 Å². The van der Waals surface area contributed by atoms with Crippen molar-refractivity contribution in [1.29, 1.82) is 0 Å². The zero-order valence-corrected chi connectivity index (χ0v) is 23.7. The Hall–Kier alpha value is -4.74. The molecular weight excluding hydrogens is 574 g/mol. The van der Waals surface area contributed by atoms with Gasteiger partial charge in [0.05, 0.1) is 22.5 Å². The summed E-state index contributed by atoms with van der Waals surface area (Å²) >= 11 is 0. The first kappa shape index (κ1) is 32.8. The smallest absolute Gasteiger partial charge is 0.399 e. The van der Waals surface area contributed by atoms with Crippen molar-refractivity contribution in [2.45, 2.75) is 33.1 Å². The number of aryl methyl sites for hydroxylation is 2. The van der Waals surface area contributed by atoms with Crippen LogP contribution in [-0.4, -0.2) is 35.1 Å². The molecule has 2 aromatic heterocycles. The Morgan fingerprint density at radius 3 is 1.33 bits per heavy atom. The van der Waals surface area contributed by atoms with E-state index in [2.05, 4.69) is 20.3 Å². The molecule has 4 rings (SSSR count). The van der Waals surface area contributed by atoms with E-state index >= 15 is 0 Å². The maximum Gasteiger partial charge on any atom is 0.417 e. The number of alkyl halides is 6. The first-order chi connectivity index (χ1) is 20.3. The Labute approximate surface area is 244 Å². The first-order valence-electron chi connectivity index (χ1n) is 12.9. The minimum atomic E-state index is -4.41. The number of hydrogen-bond acceptors (Lipinski definition) is 6. The molecule has 0 amide bonds. The Kier molecular flexibility index (Phi) is 11.0. The number of pyridine rings is 2. The van der Waals surface area contributed by atoms with E-state index < -0.39 is 23.5 Å². The van der Waals surface area contributed by atoms with Crippen LogP contribution in [0.15, 0.2) is 95.5 Å². The quantitative estimate of drug-likeness (QED) is 0.122. The summed E-state index contributed by atoms with van der Waals surface area (Å²) < 4.78 is 75.4. The third kappa shape index (κ3) is 9.38. The number of benzene rings is 2. The molecule has 0 saturated heterocycles. The Morgan fingerprint density at radius 2 is 1.02 bits per heavy atom. The van der Waals surface area contributed by atoms with Gasteiger partial charge in [0.1, 0.15) is 25.1 Å². The lowest BCUT2D eigenvalue weighted by molar-refractivity contribution is -0.138. The highest BCUT2D eigenvalue weighted by Crippen LogP contribution is 2.29. The van der Waals surface area contributed by atoms with Gasteiger partial charge in [-0.3, -0.25) is 9.97 Å². The molecular formula is C31H28F6N4O2. The topological polar surface area (TPSA) is 69.0 Å². The van der Waals surface area contributed by atoms with Crippen LogP contribution in [0, 0.1) is 13.8 Å². The second kappa shape index (κ2) is 14.4. The van der Waals surface area contributed by atoms with Crippen LogP contribution in [0.4, 0.5) is 26.3 Å². The molecule has 0 spiro atoms. The van der Waals surface area contributed by atoms with Gasteiger partial charge < -0.3 is 9.68 Å². The third-order valence-electron chi connectivity index (χ3n) is 5.78. The summed E-state index contributed by atoms with van der Waals surface area (Å²) in [7, 11) is 1.37. The lowest BCUT2D eigenvalue weighted by Crippen LogP contribution is -2.10. The molecule has 2 aromatic carbocycles. The number of rotatable bonds is 7. The molecule has 0 aliphatic heterocycles. The van der Waals surface area contributed by atoms with Gasteiger partial charge in [-0.05, 0) is 45.0 Å². The van der Waals surface area contributed by atoms with Crippen LogP contribution in [0.25, 0.3) is 0 Å². The van der Waals surface area contributed by atoms with E-state index in [0.29, 0.717) is 29.4 Å². The third-order valence-corrected chi connectivity index (χ3v) is 5.78. The van der Waals surface area contributed by atoms with Gasteiger partial charge in [0.2, 0.25) is 0 Å². The van der Waals surface area contributed by atoms with Crippen molar-refractivity contribution in [2.24, 2.45) is 10.3 Å². The molecule has 43 heavy (non-hydrogen) atoms. The highest BCUT2D eigenvalue weighted by atomic mass is 19.4. The maximum atomic E-state index is 12.6. The number of halogens is 6. The van der Waals surface area contributed by atoms with Crippen molar-refractivity contribution in [1.82, 2.24) is 9.97 Å². The highest BCUT2D eigenvalue weighted by Gasteiger charge is 2.31. The fraction of sp³-hybridized carbons (Fsp3) is 0.226. The van der Waals surface area contributed by atoms with Gasteiger partial charge in [0, 0.05) is 23.5 Å². The second-order valence-corrected chi connectivity index (χ2v) is 9.07. The summed E-state index contributed by atoms with van der Waals surface area (Å²) in [5.41, 5.74) is 3.40. The summed E-state index contributed by atoms with van der Waals surface area (Å²) in [6.07, 6.45) is -7.24. The predicted molar refractivity (Wildman–Crippen MR) is 151 cm³/mol. The number of aromatic nitrogens is 2. The summed E-state index contributed by atoms with van der Waals surface area (Å²) in [5, 5.41) is 7.84. The van der Waals surface area contributed by atoms with Gasteiger partial charge in [-0.15, -0.1) is 0 Å². The van der Waals surface area contributed by atoms with E-state index in [0.717, 1.165) is 46.8 Å². The number of oxime groups is 2.